The van der Waals surface area contributed by atoms with Gasteiger partial charge >= 0.3 is 12.3 Å². The van der Waals surface area contributed by atoms with E-state index in [1.54, 1.807) is 51.1 Å². The maximum atomic E-state index is 13.3. The highest BCUT2D eigenvalue weighted by Crippen LogP contribution is 2.34. The van der Waals surface area contributed by atoms with Gasteiger partial charge in [-0.05, 0) is 76.1 Å². The van der Waals surface area contributed by atoms with E-state index in [-0.39, 0.29) is 30.7 Å². The first kappa shape index (κ1) is 32.5. The van der Waals surface area contributed by atoms with Crippen LogP contribution in [0, 0.1) is 11.3 Å². The monoisotopic (exact) mass is 605 g/mol. The molecule has 3 rings (SSSR count). The number of nitrogens with zero attached hydrogens (tertiary/aromatic N) is 2. The van der Waals surface area contributed by atoms with Gasteiger partial charge < -0.3 is 19.4 Å². The number of anilines is 1. The van der Waals surface area contributed by atoms with E-state index in [1.165, 1.54) is 36.1 Å². The molecule has 0 fully saturated rings. The summed E-state index contributed by atoms with van der Waals surface area (Å²) in [6.07, 6.45) is -3.28. The minimum absolute atomic E-state index is 0.123. The molecule has 0 bridgehead atoms. The predicted molar refractivity (Wildman–Crippen MR) is 153 cm³/mol. The lowest BCUT2D eigenvalue weighted by Crippen LogP contribution is -2.28. The third-order valence-corrected chi connectivity index (χ3v) is 6.33. The highest BCUT2D eigenvalue weighted by atomic mass is 35.5. The molecule has 224 valence electrons. The largest absolute Gasteiger partial charge is 0.522 e. The zero-order chi connectivity index (χ0) is 31.1. The van der Waals surface area contributed by atoms with Crippen LogP contribution in [0.3, 0.4) is 0 Å². The fourth-order valence-electron chi connectivity index (χ4n) is 4.20. The average Bonchev–Trinajstić information content (AvgIpc) is 2.91. The van der Waals surface area contributed by atoms with E-state index in [2.05, 4.69) is 16.1 Å². The van der Waals surface area contributed by atoms with Crippen molar-refractivity contribution in [1.82, 2.24) is 4.57 Å². The number of nitriles is 1. The lowest BCUT2D eigenvalue weighted by molar-refractivity contribution is -0.325. The van der Waals surface area contributed by atoms with Gasteiger partial charge in [0.2, 0.25) is 0 Å². The van der Waals surface area contributed by atoms with Gasteiger partial charge in [0.1, 0.15) is 11.4 Å². The van der Waals surface area contributed by atoms with Crippen LogP contribution in [0.15, 0.2) is 59.5 Å². The zero-order valence-electron chi connectivity index (χ0n) is 23.5. The van der Waals surface area contributed by atoms with Gasteiger partial charge in [0.05, 0.1) is 37.1 Å². The van der Waals surface area contributed by atoms with Crippen LogP contribution >= 0.6 is 11.6 Å². The van der Waals surface area contributed by atoms with Gasteiger partial charge in [-0.25, -0.2) is 4.79 Å². The fraction of sp³-hybridized carbons (Fsp3) is 0.367. The zero-order valence-corrected chi connectivity index (χ0v) is 24.3. The molecule has 0 aliphatic carbocycles. The van der Waals surface area contributed by atoms with Crippen LogP contribution in [-0.2, 0) is 9.47 Å². The highest BCUT2D eigenvalue weighted by Gasteiger charge is 2.29. The molecule has 8 nitrogen and oxygen atoms in total. The Hall–Kier alpha value is -4.01. The van der Waals surface area contributed by atoms with Crippen LogP contribution in [0.25, 0.3) is 11.1 Å². The van der Waals surface area contributed by atoms with Gasteiger partial charge in [-0.3, -0.25) is 9.53 Å². The number of hydrogen-bond acceptors (Lipinski definition) is 7. The van der Waals surface area contributed by atoms with Crippen molar-refractivity contribution in [3.63, 3.8) is 0 Å². The molecule has 1 N–H and O–H groups in total. The number of pyridine rings is 1. The molecule has 3 aromatic rings. The second kappa shape index (κ2) is 13.8. The first-order chi connectivity index (χ1) is 19.7. The Morgan fingerprint density at radius 2 is 1.76 bits per heavy atom. The summed E-state index contributed by atoms with van der Waals surface area (Å²) in [7, 11) is 1.38. The van der Waals surface area contributed by atoms with E-state index in [4.69, 9.17) is 21.1 Å². The summed E-state index contributed by atoms with van der Waals surface area (Å²) in [6, 6.07) is 13.8. The van der Waals surface area contributed by atoms with Crippen molar-refractivity contribution >= 4 is 23.3 Å². The molecule has 1 atom stereocenters. The number of hydrogen-bond donors (Lipinski definition) is 1. The molecule has 0 spiro atoms. The first-order valence-corrected chi connectivity index (χ1v) is 13.4. The van der Waals surface area contributed by atoms with Crippen LogP contribution in [0.4, 0.5) is 18.9 Å². The van der Waals surface area contributed by atoms with Crippen LogP contribution in [-0.4, -0.2) is 42.8 Å². The van der Waals surface area contributed by atoms with Gasteiger partial charge in [0.15, 0.2) is 0 Å². The fourth-order valence-corrected chi connectivity index (χ4v) is 4.37. The number of alkyl halides is 3. The Kier molecular flexibility index (Phi) is 10.7. The van der Waals surface area contributed by atoms with E-state index in [1.807, 2.05) is 0 Å². The highest BCUT2D eigenvalue weighted by molar-refractivity contribution is 6.31. The minimum atomic E-state index is -4.81. The summed E-state index contributed by atoms with van der Waals surface area (Å²) in [5.41, 5.74) is 0.879. The van der Waals surface area contributed by atoms with Crippen molar-refractivity contribution in [2.75, 3.05) is 25.6 Å². The maximum Gasteiger partial charge on any atom is 0.522 e. The second-order valence-corrected chi connectivity index (χ2v) is 10.8. The molecule has 42 heavy (non-hydrogen) atoms. The third-order valence-electron chi connectivity index (χ3n) is 6.09. The number of benzene rings is 2. The molecular weight excluding hydrogens is 575 g/mol. The number of halogens is 4. The Balaban J connectivity index is 1.84. The second-order valence-electron chi connectivity index (χ2n) is 10.3. The SMILES string of the molecule is COc1cn(C(CCNc2ccc(C(=O)OC(C)(C)C)cc2)CCOC(F)(F)F)c(=O)cc1-c1cc(Cl)ccc1C#N. The number of methoxy groups -OCH3 is 1. The summed E-state index contributed by atoms with van der Waals surface area (Å²) in [5, 5.41) is 13.0. The minimum Gasteiger partial charge on any atom is -0.495 e. The van der Waals surface area contributed by atoms with E-state index < -0.39 is 36.1 Å². The molecule has 2 aromatic carbocycles. The smallest absolute Gasteiger partial charge is 0.495 e. The molecule has 12 heteroatoms. The normalized spacial score (nSPS) is 12.4. The van der Waals surface area contributed by atoms with Crippen LogP contribution < -0.4 is 15.6 Å². The molecule has 1 heterocycles. The number of esters is 1. The standard InChI is InChI=1S/C30H31ClF3N3O5/c1-29(2,3)42-28(39)19-6-9-22(10-7-19)36-13-11-23(12-14-41-30(32,33)34)37-18-26(40-4)25(16-27(37)38)24-15-21(31)8-5-20(24)17-35/h5-10,15-16,18,23,36H,11-14H2,1-4H3. The van der Waals surface area contributed by atoms with Crippen molar-refractivity contribution in [3.8, 4) is 22.9 Å². The molecule has 1 unspecified atom stereocenters. The summed E-state index contributed by atoms with van der Waals surface area (Å²) >= 11 is 6.12. The van der Waals surface area contributed by atoms with Crippen molar-refractivity contribution in [3.05, 3.63) is 81.2 Å². The molecule has 0 aliphatic rings. The third kappa shape index (κ3) is 9.26. The quantitative estimate of drug-likeness (QED) is 0.235. The number of aromatic nitrogens is 1. The van der Waals surface area contributed by atoms with Crippen molar-refractivity contribution in [1.29, 1.82) is 5.26 Å². The Morgan fingerprint density at radius 1 is 1.07 bits per heavy atom. The summed E-state index contributed by atoms with van der Waals surface area (Å²) in [6.45, 7) is 4.93. The average molecular weight is 606 g/mol. The number of rotatable bonds is 11. The Morgan fingerprint density at radius 3 is 2.36 bits per heavy atom. The summed E-state index contributed by atoms with van der Waals surface area (Å²) < 4.78 is 54.3. The predicted octanol–water partition coefficient (Wildman–Crippen LogP) is 6.97. The van der Waals surface area contributed by atoms with E-state index in [0.29, 0.717) is 27.4 Å². The van der Waals surface area contributed by atoms with Crippen LogP contribution in [0.5, 0.6) is 5.75 Å². The lowest BCUT2D eigenvalue weighted by atomic mass is 10.00. The number of ether oxygens (including phenoxy) is 3. The molecular formula is C30H31ClF3N3O5. The van der Waals surface area contributed by atoms with Gasteiger partial charge in [0.25, 0.3) is 5.56 Å². The molecule has 0 radical (unpaired) electrons. The first-order valence-electron chi connectivity index (χ1n) is 13.0. The van der Waals surface area contributed by atoms with E-state index in [0.717, 1.165) is 0 Å². The molecule has 1 aromatic heterocycles. The molecule has 0 amide bonds. The number of carbonyl (C=O) groups excluding carboxylic acids is 1. The number of carbonyl (C=O) groups is 1. The van der Waals surface area contributed by atoms with Gasteiger partial charge in [-0.1, -0.05) is 11.6 Å². The molecule has 0 aliphatic heterocycles. The topological polar surface area (TPSA) is 103 Å². The van der Waals surface area contributed by atoms with E-state index in [9.17, 15) is 28.0 Å². The maximum absolute atomic E-state index is 13.3. The molecule has 0 saturated carbocycles. The molecule has 0 saturated heterocycles. The number of nitrogens with one attached hydrogen (secondary N) is 1. The summed E-state index contributed by atoms with van der Waals surface area (Å²) in [5.74, 6) is -0.226. The van der Waals surface area contributed by atoms with Crippen LogP contribution in [0.2, 0.25) is 5.02 Å². The van der Waals surface area contributed by atoms with Gasteiger partial charge in [-0.2, -0.15) is 5.26 Å². The van der Waals surface area contributed by atoms with Crippen LogP contribution in [0.1, 0.15) is 55.6 Å². The lowest BCUT2D eigenvalue weighted by Gasteiger charge is -2.23. The Bertz CT molecular complexity index is 1490. The van der Waals surface area contributed by atoms with Crippen molar-refractivity contribution in [2.24, 2.45) is 0 Å². The van der Waals surface area contributed by atoms with E-state index >= 15 is 0 Å². The van der Waals surface area contributed by atoms with Crippen molar-refractivity contribution in [2.45, 2.75) is 51.6 Å². The van der Waals surface area contributed by atoms with Crippen molar-refractivity contribution < 1.29 is 32.2 Å². The van der Waals surface area contributed by atoms with Gasteiger partial charge in [0, 0.05) is 40.5 Å². The van der Waals surface area contributed by atoms with Gasteiger partial charge in [-0.15, -0.1) is 13.2 Å². The Labute approximate surface area is 246 Å². The summed E-state index contributed by atoms with van der Waals surface area (Å²) in [4.78, 5) is 25.5.